The Morgan fingerprint density at radius 3 is 1.00 bits per heavy atom. The van der Waals surface area contributed by atoms with Gasteiger partial charge in [-0.15, -0.1) is 26.3 Å². The van der Waals surface area contributed by atoms with Crippen molar-refractivity contribution in [3.8, 4) is 0 Å². The van der Waals surface area contributed by atoms with E-state index in [1.54, 1.807) is 0 Å². The van der Waals surface area contributed by atoms with Crippen LogP contribution in [-0.2, 0) is 9.59 Å². The number of aliphatic carboxylic acids is 2. The minimum Gasteiger partial charge on any atom is -0.479 e. The molecule has 0 aliphatic rings. The van der Waals surface area contributed by atoms with Crippen molar-refractivity contribution in [3.63, 3.8) is 0 Å². The number of carbonyl (C=O) groups is 2. The van der Waals surface area contributed by atoms with Gasteiger partial charge in [-0.2, -0.15) is 0 Å². The van der Waals surface area contributed by atoms with E-state index < -0.39 is 24.1 Å². The summed E-state index contributed by atoms with van der Waals surface area (Å²) in [6, 6.07) is 0. The van der Waals surface area contributed by atoms with Crippen molar-refractivity contribution >= 4 is 11.9 Å². The second kappa shape index (κ2) is 11.3. The van der Waals surface area contributed by atoms with Gasteiger partial charge in [0.2, 0.25) is 0 Å². The predicted molar refractivity (Wildman–Crippen MR) is 49.8 cm³/mol. The Balaban J connectivity index is -0.000000266. The third-order valence-electron chi connectivity index (χ3n) is 0.805. The zero-order valence-electron chi connectivity index (χ0n) is 7.59. The lowest BCUT2D eigenvalue weighted by Crippen LogP contribution is -2.39. The number of hydrogen-bond donors (Lipinski definition) is 4. The Kier molecular flexibility index (Phi) is 14.7. The van der Waals surface area contributed by atoms with Crippen LogP contribution in [0.15, 0.2) is 26.3 Å². The van der Waals surface area contributed by atoms with E-state index in [9.17, 15) is 9.59 Å². The van der Waals surface area contributed by atoms with E-state index in [4.69, 9.17) is 20.4 Å². The summed E-state index contributed by atoms with van der Waals surface area (Å²) in [5.41, 5.74) is 0. The van der Waals surface area contributed by atoms with Crippen molar-refractivity contribution in [1.29, 1.82) is 0 Å². The summed E-state index contributed by atoms with van der Waals surface area (Å²) in [6.07, 6.45) is -4.53. The average Bonchev–Trinajstić information content (AvgIpc) is 2.21. The van der Waals surface area contributed by atoms with E-state index in [-0.39, 0.29) is 0 Å². The van der Waals surface area contributed by atoms with Crippen LogP contribution in [0.5, 0.6) is 0 Å². The molecule has 82 valence electrons. The van der Waals surface area contributed by atoms with Crippen LogP contribution in [0.1, 0.15) is 0 Å². The molecule has 14 heavy (non-hydrogen) atoms. The molecule has 0 saturated carbocycles. The highest BCUT2D eigenvalue weighted by atomic mass is 16.4. The maximum atomic E-state index is 9.77. The summed E-state index contributed by atoms with van der Waals surface area (Å²) >= 11 is 0. The Morgan fingerprint density at radius 1 is 0.786 bits per heavy atom. The summed E-state index contributed by atoms with van der Waals surface area (Å²) in [4.78, 5) is 19.5. The fourth-order valence-electron chi connectivity index (χ4n) is 0.270. The molecule has 0 radical (unpaired) electrons. The second-order valence-electron chi connectivity index (χ2n) is 1.57. The number of aliphatic hydroxyl groups excluding tert-OH is 2. The number of carboxylic acid groups (broad SMARTS) is 2. The minimum absolute atomic E-state index is 1.77. The third-order valence-corrected chi connectivity index (χ3v) is 0.805. The molecule has 0 amide bonds. The summed E-state index contributed by atoms with van der Waals surface area (Å²) < 4.78 is 0. The van der Waals surface area contributed by atoms with E-state index in [0.717, 1.165) is 0 Å². The normalized spacial score (nSPS) is 11.9. The molecule has 0 aliphatic carbocycles. The van der Waals surface area contributed by atoms with Crippen LogP contribution in [0.25, 0.3) is 0 Å². The van der Waals surface area contributed by atoms with Crippen LogP contribution in [0, 0.1) is 0 Å². The van der Waals surface area contributed by atoms with Crippen molar-refractivity contribution in [2.24, 2.45) is 0 Å². The first-order valence-corrected chi connectivity index (χ1v) is 3.28. The van der Waals surface area contributed by atoms with Crippen molar-refractivity contribution in [3.05, 3.63) is 26.3 Å². The predicted octanol–water partition coefficient (Wildman–Crippen LogP) is -0.518. The van der Waals surface area contributed by atoms with E-state index in [2.05, 4.69) is 26.3 Å². The Hall–Kier alpha value is -1.66. The van der Waals surface area contributed by atoms with E-state index in [0.29, 0.717) is 0 Å². The van der Waals surface area contributed by atoms with Gasteiger partial charge in [-0.3, -0.25) is 0 Å². The summed E-state index contributed by atoms with van der Waals surface area (Å²) in [7, 11) is 0. The molecule has 0 saturated heterocycles. The van der Waals surface area contributed by atoms with Gasteiger partial charge in [-0.25, -0.2) is 9.59 Å². The third kappa shape index (κ3) is 8.44. The molecule has 0 aromatic rings. The first kappa shape index (κ1) is 18.2. The quantitative estimate of drug-likeness (QED) is 0.462. The van der Waals surface area contributed by atoms with E-state index >= 15 is 0 Å². The van der Waals surface area contributed by atoms with Gasteiger partial charge >= 0.3 is 11.9 Å². The molecule has 0 aliphatic heterocycles. The number of rotatable bonds is 3. The first-order chi connectivity index (χ1) is 6.46. The van der Waals surface area contributed by atoms with Crippen LogP contribution < -0.4 is 0 Å². The number of carboxylic acids is 2. The Labute approximate surface area is 81.4 Å². The van der Waals surface area contributed by atoms with Crippen molar-refractivity contribution < 1.29 is 30.0 Å². The molecule has 0 aromatic heterocycles. The molecule has 0 spiro atoms. The molecule has 0 aromatic carbocycles. The summed E-state index contributed by atoms with van der Waals surface area (Å²) in [6.45, 7) is 12.0. The molecule has 6 heteroatoms. The lowest BCUT2D eigenvalue weighted by atomic mass is 10.2. The van der Waals surface area contributed by atoms with Crippen molar-refractivity contribution in [2.45, 2.75) is 12.2 Å². The molecule has 0 rings (SSSR count). The second-order valence-corrected chi connectivity index (χ2v) is 1.57. The molecule has 2 unspecified atom stereocenters. The monoisotopic (exact) mass is 206 g/mol. The molecule has 0 bridgehead atoms. The van der Waals surface area contributed by atoms with Crippen LogP contribution in [0.2, 0.25) is 0 Å². The van der Waals surface area contributed by atoms with E-state index in [1.807, 2.05) is 0 Å². The molecule has 4 N–H and O–H groups in total. The van der Waals surface area contributed by atoms with Gasteiger partial charge in [0.15, 0.2) is 12.2 Å². The fraction of sp³-hybridized carbons (Fsp3) is 0.250. The highest BCUT2D eigenvalue weighted by molar-refractivity contribution is 5.82. The summed E-state index contributed by atoms with van der Waals surface area (Å²) in [5.74, 6) is -3.54. The number of hydrogen-bond acceptors (Lipinski definition) is 4. The molecule has 0 fully saturated rings. The van der Waals surface area contributed by atoms with Gasteiger partial charge < -0.3 is 20.4 Å². The smallest absolute Gasteiger partial charge is 0.335 e. The molecule has 6 nitrogen and oxygen atoms in total. The topological polar surface area (TPSA) is 115 Å². The SMILES string of the molecule is C=C.C=C.O=C(O)C(O)C(O)C(=O)O. The van der Waals surface area contributed by atoms with Gasteiger partial charge in [0.25, 0.3) is 0 Å². The molecular formula is C8H14O6. The van der Waals surface area contributed by atoms with Gasteiger partial charge in [0.1, 0.15) is 0 Å². The highest BCUT2D eigenvalue weighted by Gasteiger charge is 2.29. The zero-order chi connectivity index (χ0) is 12.3. The average molecular weight is 206 g/mol. The maximum absolute atomic E-state index is 9.77. The van der Waals surface area contributed by atoms with Crippen LogP contribution in [0.3, 0.4) is 0 Å². The van der Waals surface area contributed by atoms with Crippen LogP contribution in [0.4, 0.5) is 0 Å². The molecular weight excluding hydrogens is 192 g/mol. The van der Waals surface area contributed by atoms with Crippen molar-refractivity contribution in [1.82, 2.24) is 0 Å². The highest BCUT2D eigenvalue weighted by Crippen LogP contribution is 1.92. The zero-order valence-corrected chi connectivity index (χ0v) is 7.59. The van der Waals surface area contributed by atoms with Crippen LogP contribution >= 0.6 is 0 Å². The summed E-state index contributed by atoms with van der Waals surface area (Å²) in [5, 5.41) is 32.5. The lowest BCUT2D eigenvalue weighted by Gasteiger charge is -2.07. The Bertz CT molecular complexity index is 159. The molecule has 0 heterocycles. The number of aliphatic hydroxyl groups is 2. The fourth-order valence-corrected chi connectivity index (χ4v) is 0.270. The standard InChI is InChI=1S/C4H6O6.2C2H4/c5-1(3(7)8)2(6)4(9)10;2*1-2/h1-2,5-6H,(H,7,8)(H,9,10);2*1-2H2. The lowest BCUT2D eigenvalue weighted by molar-refractivity contribution is -0.165. The van der Waals surface area contributed by atoms with Crippen LogP contribution in [-0.4, -0.2) is 44.6 Å². The van der Waals surface area contributed by atoms with Gasteiger partial charge in [-0.05, 0) is 0 Å². The van der Waals surface area contributed by atoms with Crippen molar-refractivity contribution in [2.75, 3.05) is 0 Å². The molecule has 2 atom stereocenters. The van der Waals surface area contributed by atoms with E-state index in [1.165, 1.54) is 0 Å². The van der Waals surface area contributed by atoms with Gasteiger partial charge in [0, 0.05) is 0 Å². The largest absolute Gasteiger partial charge is 0.479 e. The van der Waals surface area contributed by atoms with Gasteiger partial charge in [-0.1, -0.05) is 0 Å². The Morgan fingerprint density at radius 2 is 0.929 bits per heavy atom. The minimum atomic E-state index is -2.27. The van der Waals surface area contributed by atoms with Gasteiger partial charge in [0.05, 0.1) is 0 Å². The first-order valence-electron chi connectivity index (χ1n) is 3.28. The maximum Gasteiger partial charge on any atom is 0.335 e.